The predicted molar refractivity (Wildman–Crippen MR) is 152 cm³/mol. The van der Waals surface area contributed by atoms with Crippen molar-refractivity contribution >= 4 is 35.1 Å². The maximum Gasteiger partial charge on any atom is 0.308 e. The highest BCUT2D eigenvalue weighted by Gasteiger charge is 2.31. The zero-order valence-corrected chi connectivity index (χ0v) is 23.8. The zero-order chi connectivity index (χ0) is 28.5. The van der Waals surface area contributed by atoms with E-state index >= 15 is 0 Å². The summed E-state index contributed by atoms with van der Waals surface area (Å²) in [6, 6.07) is 12.5. The van der Waals surface area contributed by atoms with Crippen LogP contribution >= 0.6 is 11.3 Å². The average molecular weight is 569 g/mol. The molecule has 0 spiro atoms. The molecule has 3 heterocycles. The van der Waals surface area contributed by atoms with Crippen LogP contribution < -0.4 is 16.0 Å². The fourth-order valence-electron chi connectivity index (χ4n) is 4.09. The summed E-state index contributed by atoms with van der Waals surface area (Å²) in [5.41, 5.74) is 0.370. The highest BCUT2D eigenvalue weighted by atomic mass is 32.1. The molecule has 11 heteroatoms. The lowest BCUT2D eigenvalue weighted by molar-refractivity contribution is -0.155. The number of hydrogen-bond acceptors (Lipinski definition) is 9. The van der Waals surface area contributed by atoms with E-state index in [1.807, 2.05) is 36.4 Å². The van der Waals surface area contributed by atoms with Crippen LogP contribution in [0.1, 0.15) is 60.1 Å². The lowest BCUT2D eigenvalue weighted by Crippen LogP contribution is -2.43. The van der Waals surface area contributed by atoms with Gasteiger partial charge in [0.2, 0.25) is 12.2 Å². The zero-order valence-electron chi connectivity index (χ0n) is 23.0. The summed E-state index contributed by atoms with van der Waals surface area (Å²) in [6.07, 6.45) is 2.98. The van der Waals surface area contributed by atoms with Crippen molar-refractivity contribution in [1.82, 2.24) is 16.0 Å². The summed E-state index contributed by atoms with van der Waals surface area (Å²) in [5, 5.41) is 8.74. The molecule has 3 N–H and O–H groups in total. The SMILES string of the molecule is CC(C)(C)OC(=O)CC(NC(=O)c1ccc(CCC(=O)NC2=NCCCN2)s1)C1=COC(Cc2ccccc2)O1. The highest BCUT2D eigenvalue weighted by molar-refractivity contribution is 7.14. The minimum Gasteiger partial charge on any atom is -0.460 e. The van der Waals surface area contributed by atoms with Crippen molar-refractivity contribution < 1.29 is 28.6 Å². The van der Waals surface area contributed by atoms with E-state index in [-0.39, 0.29) is 24.7 Å². The highest BCUT2D eigenvalue weighted by Crippen LogP contribution is 2.25. The third kappa shape index (κ3) is 9.11. The van der Waals surface area contributed by atoms with Gasteiger partial charge in [0.05, 0.1) is 11.3 Å². The molecule has 2 aliphatic heterocycles. The van der Waals surface area contributed by atoms with Crippen LogP contribution in [0, 0.1) is 0 Å². The number of carbonyl (C=O) groups excluding carboxylic acids is 3. The summed E-state index contributed by atoms with van der Waals surface area (Å²) >= 11 is 1.30. The lowest BCUT2D eigenvalue weighted by Gasteiger charge is -2.23. The number of amides is 2. The fraction of sp³-hybridized carbons (Fsp3) is 0.448. The Morgan fingerprint density at radius 1 is 1.18 bits per heavy atom. The normalized spacial score (nSPS) is 17.3. The van der Waals surface area contributed by atoms with Gasteiger partial charge in [0.1, 0.15) is 17.9 Å². The summed E-state index contributed by atoms with van der Waals surface area (Å²) in [4.78, 5) is 43.7. The van der Waals surface area contributed by atoms with Gasteiger partial charge in [-0.1, -0.05) is 30.3 Å². The van der Waals surface area contributed by atoms with Crippen LogP contribution in [0.2, 0.25) is 0 Å². The Kier molecular flexibility index (Phi) is 9.81. The molecule has 2 unspecified atom stereocenters. The molecule has 2 aliphatic rings. The lowest BCUT2D eigenvalue weighted by atomic mass is 10.1. The standard InChI is InChI=1S/C29H36N4O6S/c1-29(2,3)39-25(35)17-21(22-18-37-26(38-22)16-19-8-5-4-6-9-19)32-27(36)23-12-10-20(40-23)11-13-24(34)33-28-30-14-7-15-31-28/h4-6,8-10,12,18,21,26H,7,11,13-17H2,1-3H3,(H,32,36)(H2,30,31,33,34). The van der Waals surface area contributed by atoms with E-state index in [0.717, 1.165) is 23.4 Å². The van der Waals surface area contributed by atoms with Crippen LogP contribution in [0.3, 0.4) is 0 Å². The summed E-state index contributed by atoms with van der Waals surface area (Å²) < 4.78 is 17.2. The summed E-state index contributed by atoms with van der Waals surface area (Å²) in [6.45, 7) is 6.85. The largest absolute Gasteiger partial charge is 0.460 e. The third-order valence-corrected chi connectivity index (χ3v) is 7.07. The third-order valence-electron chi connectivity index (χ3n) is 5.93. The van der Waals surface area contributed by atoms with Gasteiger partial charge >= 0.3 is 5.97 Å². The van der Waals surface area contributed by atoms with Gasteiger partial charge in [0.15, 0.2) is 11.7 Å². The Morgan fingerprint density at radius 2 is 1.98 bits per heavy atom. The molecule has 2 amide bonds. The first-order chi connectivity index (χ1) is 19.1. The van der Waals surface area contributed by atoms with Crippen LogP contribution in [0.25, 0.3) is 0 Å². The van der Waals surface area contributed by atoms with Crippen LogP contribution in [-0.2, 0) is 36.6 Å². The number of rotatable bonds is 10. The van der Waals surface area contributed by atoms with Gasteiger partial charge in [0, 0.05) is 30.8 Å². The molecule has 214 valence electrons. The fourth-order valence-corrected chi connectivity index (χ4v) is 5.01. The minimum absolute atomic E-state index is 0.118. The number of carbonyl (C=O) groups is 3. The molecule has 2 atom stereocenters. The minimum atomic E-state index is -0.775. The first-order valence-corrected chi connectivity index (χ1v) is 14.2. The van der Waals surface area contributed by atoms with E-state index in [0.29, 0.717) is 36.0 Å². The first kappa shape index (κ1) is 29.1. The number of nitrogens with one attached hydrogen (secondary N) is 3. The van der Waals surface area contributed by atoms with Crippen molar-refractivity contribution in [2.24, 2.45) is 4.99 Å². The molecule has 0 bridgehead atoms. The summed E-state index contributed by atoms with van der Waals surface area (Å²) in [5.74, 6) is -0.0973. The van der Waals surface area contributed by atoms with Crippen molar-refractivity contribution in [2.45, 2.75) is 70.8 Å². The second-order valence-electron chi connectivity index (χ2n) is 10.5. The van der Waals surface area contributed by atoms with E-state index in [2.05, 4.69) is 20.9 Å². The molecule has 10 nitrogen and oxygen atoms in total. The van der Waals surface area contributed by atoms with Crippen LogP contribution in [-0.4, -0.2) is 54.8 Å². The Bertz CT molecular complexity index is 1250. The van der Waals surface area contributed by atoms with Gasteiger partial charge in [-0.3, -0.25) is 24.7 Å². The molecule has 0 saturated heterocycles. The van der Waals surface area contributed by atoms with Crippen molar-refractivity contribution in [3.63, 3.8) is 0 Å². The first-order valence-electron chi connectivity index (χ1n) is 13.4. The molecular weight excluding hydrogens is 532 g/mol. The van der Waals surface area contributed by atoms with Gasteiger partial charge < -0.3 is 24.8 Å². The Labute approximate surface area is 238 Å². The number of guanidine groups is 1. The smallest absolute Gasteiger partial charge is 0.308 e. The maximum absolute atomic E-state index is 13.2. The number of thiophene rings is 1. The Balaban J connectivity index is 1.35. The van der Waals surface area contributed by atoms with Crippen molar-refractivity contribution in [2.75, 3.05) is 13.1 Å². The van der Waals surface area contributed by atoms with Gasteiger partial charge in [-0.2, -0.15) is 0 Å². The van der Waals surface area contributed by atoms with E-state index in [1.54, 1.807) is 26.8 Å². The van der Waals surface area contributed by atoms with E-state index in [9.17, 15) is 14.4 Å². The number of aryl methyl sites for hydroxylation is 1. The van der Waals surface area contributed by atoms with Gasteiger partial charge in [-0.15, -0.1) is 11.3 Å². The van der Waals surface area contributed by atoms with Crippen LogP contribution in [0.4, 0.5) is 0 Å². The molecule has 0 saturated carbocycles. The molecule has 1 aromatic heterocycles. The number of ether oxygens (including phenoxy) is 3. The van der Waals surface area contributed by atoms with Gasteiger partial charge in [0.25, 0.3) is 5.91 Å². The second kappa shape index (κ2) is 13.5. The average Bonchev–Trinajstić information content (AvgIpc) is 3.57. The molecule has 0 fully saturated rings. The molecule has 4 rings (SSSR count). The molecule has 40 heavy (non-hydrogen) atoms. The van der Waals surface area contributed by atoms with Crippen molar-refractivity contribution in [3.8, 4) is 0 Å². The van der Waals surface area contributed by atoms with Crippen molar-refractivity contribution in [3.05, 3.63) is 69.8 Å². The predicted octanol–water partition coefficient (Wildman–Crippen LogP) is 3.43. The second-order valence-corrected chi connectivity index (χ2v) is 11.7. The van der Waals surface area contributed by atoms with E-state index in [4.69, 9.17) is 14.2 Å². The Morgan fingerprint density at radius 3 is 2.70 bits per heavy atom. The molecule has 2 aromatic rings. The number of aliphatic imine (C=N–C) groups is 1. The summed E-state index contributed by atoms with van der Waals surface area (Å²) in [7, 11) is 0. The monoisotopic (exact) mass is 568 g/mol. The quantitative estimate of drug-likeness (QED) is 0.375. The van der Waals surface area contributed by atoms with E-state index < -0.39 is 23.9 Å². The number of benzene rings is 1. The molecular formula is C29H36N4O6S. The van der Waals surface area contributed by atoms with Gasteiger partial charge in [-0.05, 0) is 51.3 Å². The maximum atomic E-state index is 13.2. The number of nitrogens with zero attached hydrogens (tertiary/aromatic N) is 1. The van der Waals surface area contributed by atoms with Crippen LogP contribution in [0.5, 0.6) is 0 Å². The van der Waals surface area contributed by atoms with Crippen LogP contribution in [0.15, 0.2) is 59.5 Å². The van der Waals surface area contributed by atoms with Gasteiger partial charge in [-0.25, -0.2) is 0 Å². The van der Waals surface area contributed by atoms with E-state index in [1.165, 1.54) is 17.6 Å². The topological polar surface area (TPSA) is 127 Å². The number of hydrogen-bond donors (Lipinski definition) is 3. The molecule has 0 radical (unpaired) electrons. The molecule has 0 aliphatic carbocycles. The van der Waals surface area contributed by atoms with Crippen molar-refractivity contribution in [1.29, 1.82) is 0 Å². The molecule has 1 aromatic carbocycles. The number of esters is 1. The Hall–Kier alpha value is -3.86.